The van der Waals surface area contributed by atoms with Gasteiger partial charge in [-0.3, -0.25) is 9.69 Å². The SMILES string of the molecule is COc1cc(OC)c2c(=O)cc(-c3ccc(OCCCN4CCOCC4)c(N)c3)n(C)c2c1. The van der Waals surface area contributed by atoms with Crippen LogP contribution in [-0.4, -0.2) is 63.1 Å². The molecule has 8 heteroatoms. The number of nitrogens with two attached hydrogens (primary N) is 1. The third-order valence-corrected chi connectivity index (χ3v) is 6.03. The number of ether oxygens (including phenoxy) is 4. The van der Waals surface area contributed by atoms with Crippen LogP contribution in [0.25, 0.3) is 22.2 Å². The molecule has 8 nitrogen and oxygen atoms in total. The number of benzene rings is 2. The first kappa shape index (κ1) is 22.9. The van der Waals surface area contributed by atoms with E-state index in [-0.39, 0.29) is 5.43 Å². The highest BCUT2D eigenvalue weighted by molar-refractivity contribution is 5.89. The summed E-state index contributed by atoms with van der Waals surface area (Å²) >= 11 is 0. The van der Waals surface area contributed by atoms with Gasteiger partial charge < -0.3 is 29.2 Å². The molecule has 0 spiro atoms. The van der Waals surface area contributed by atoms with Gasteiger partial charge in [-0.25, -0.2) is 0 Å². The van der Waals surface area contributed by atoms with E-state index < -0.39 is 0 Å². The van der Waals surface area contributed by atoms with Crippen LogP contribution in [0.1, 0.15) is 6.42 Å². The van der Waals surface area contributed by atoms with Crippen molar-refractivity contribution >= 4 is 16.6 Å². The minimum Gasteiger partial charge on any atom is -0.497 e. The Morgan fingerprint density at radius 3 is 2.52 bits per heavy atom. The predicted octanol–water partition coefficient (Wildman–Crippen LogP) is 2.91. The van der Waals surface area contributed by atoms with E-state index in [0.717, 1.165) is 56.0 Å². The molecule has 4 rings (SSSR count). The number of pyridine rings is 1. The van der Waals surface area contributed by atoms with Crippen LogP contribution >= 0.6 is 0 Å². The number of nitrogens with zero attached hydrogens (tertiary/aromatic N) is 2. The molecule has 2 aromatic carbocycles. The number of aromatic nitrogens is 1. The van der Waals surface area contributed by atoms with E-state index in [9.17, 15) is 4.79 Å². The lowest BCUT2D eigenvalue weighted by Gasteiger charge is -2.26. The molecular weight excluding hydrogens is 422 g/mol. The molecule has 1 saturated heterocycles. The van der Waals surface area contributed by atoms with Crippen molar-refractivity contribution in [2.24, 2.45) is 7.05 Å². The molecule has 0 atom stereocenters. The summed E-state index contributed by atoms with van der Waals surface area (Å²) in [7, 11) is 5.03. The van der Waals surface area contributed by atoms with E-state index in [1.807, 2.05) is 35.9 Å². The summed E-state index contributed by atoms with van der Waals surface area (Å²) in [5.41, 5.74) is 9.00. The van der Waals surface area contributed by atoms with Crippen LogP contribution in [0.3, 0.4) is 0 Å². The fourth-order valence-electron chi connectivity index (χ4n) is 4.20. The maximum atomic E-state index is 13.0. The number of nitrogen functional groups attached to an aromatic ring is 1. The lowest BCUT2D eigenvalue weighted by Crippen LogP contribution is -2.37. The fraction of sp³-hybridized carbons (Fsp3) is 0.400. The van der Waals surface area contributed by atoms with Gasteiger partial charge >= 0.3 is 0 Å². The van der Waals surface area contributed by atoms with Gasteiger partial charge in [0.05, 0.1) is 56.3 Å². The van der Waals surface area contributed by atoms with Crippen LogP contribution < -0.4 is 25.4 Å². The zero-order chi connectivity index (χ0) is 23.4. The summed E-state index contributed by atoms with van der Waals surface area (Å²) < 4.78 is 24.1. The molecule has 1 aliphatic heterocycles. The first-order valence-electron chi connectivity index (χ1n) is 11.1. The molecule has 0 saturated carbocycles. The van der Waals surface area contributed by atoms with E-state index in [1.165, 1.54) is 0 Å². The largest absolute Gasteiger partial charge is 0.497 e. The van der Waals surface area contributed by atoms with Gasteiger partial charge in [0.15, 0.2) is 5.43 Å². The number of anilines is 1. The van der Waals surface area contributed by atoms with E-state index in [2.05, 4.69) is 4.90 Å². The minimum atomic E-state index is -0.125. The van der Waals surface area contributed by atoms with Gasteiger partial charge in [0.1, 0.15) is 17.2 Å². The molecule has 0 amide bonds. The van der Waals surface area contributed by atoms with Gasteiger partial charge in [-0.05, 0) is 24.6 Å². The molecule has 0 radical (unpaired) electrons. The van der Waals surface area contributed by atoms with Crippen LogP contribution in [-0.2, 0) is 11.8 Å². The Balaban J connectivity index is 1.55. The normalized spacial score (nSPS) is 14.4. The van der Waals surface area contributed by atoms with Crippen molar-refractivity contribution in [2.75, 3.05) is 59.4 Å². The molecule has 3 aromatic rings. The summed E-state index contributed by atoms with van der Waals surface area (Å²) in [6.07, 6.45) is 0.921. The summed E-state index contributed by atoms with van der Waals surface area (Å²) in [6, 6.07) is 10.8. The highest BCUT2D eigenvalue weighted by Crippen LogP contribution is 2.33. The number of fused-ring (bicyclic) bond motifs is 1. The van der Waals surface area contributed by atoms with E-state index >= 15 is 0 Å². The highest BCUT2D eigenvalue weighted by atomic mass is 16.5. The number of methoxy groups -OCH3 is 2. The minimum absolute atomic E-state index is 0.125. The summed E-state index contributed by atoms with van der Waals surface area (Å²) in [5, 5.41) is 0.512. The highest BCUT2D eigenvalue weighted by Gasteiger charge is 2.15. The van der Waals surface area contributed by atoms with Gasteiger partial charge in [0.2, 0.25) is 0 Å². The molecule has 1 aromatic heterocycles. The Labute approximate surface area is 193 Å². The number of hydrogen-bond donors (Lipinski definition) is 1. The average Bonchev–Trinajstić information content (AvgIpc) is 2.84. The van der Waals surface area contributed by atoms with Gasteiger partial charge in [0.25, 0.3) is 0 Å². The molecule has 1 fully saturated rings. The van der Waals surface area contributed by atoms with Gasteiger partial charge in [0, 0.05) is 50.4 Å². The second kappa shape index (κ2) is 10.1. The first-order valence-corrected chi connectivity index (χ1v) is 11.1. The van der Waals surface area contributed by atoms with Gasteiger partial charge in [-0.1, -0.05) is 0 Å². The van der Waals surface area contributed by atoms with Gasteiger partial charge in [-0.2, -0.15) is 0 Å². The van der Waals surface area contributed by atoms with E-state index in [4.69, 9.17) is 24.7 Å². The number of rotatable bonds is 8. The molecular formula is C25H31N3O5. The first-order chi connectivity index (χ1) is 16.0. The third-order valence-electron chi connectivity index (χ3n) is 6.03. The van der Waals surface area contributed by atoms with E-state index in [1.54, 1.807) is 26.4 Å². The van der Waals surface area contributed by atoms with Crippen molar-refractivity contribution in [3.05, 3.63) is 46.6 Å². The lowest BCUT2D eigenvalue weighted by atomic mass is 10.1. The van der Waals surface area contributed by atoms with Crippen LogP contribution in [0, 0.1) is 0 Å². The third kappa shape index (κ3) is 4.91. The van der Waals surface area contributed by atoms with Crippen LogP contribution in [0.15, 0.2) is 41.2 Å². The molecule has 2 N–H and O–H groups in total. The molecule has 176 valence electrons. The van der Waals surface area contributed by atoms with Crippen LogP contribution in [0.4, 0.5) is 5.69 Å². The van der Waals surface area contributed by atoms with Crippen LogP contribution in [0.2, 0.25) is 0 Å². The van der Waals surface area contributed by atoms with Crippen molar-refractivity contribution in [1.82, 2.24) is 9.47 Å². The summed E-state index contributed by atoms with van der Waals surface area (Å²) in [6.45, 7) is 5.11. The molecule has 0 aliphatic carbocycles. The Kier molecular flexibility index (Phi) is 7.05. The second-order valence-electron chi connectivity index (χ2n) is 8.09. The average molecular weight is 454 g/mol. The Bertz CT molecular complexity index is 1180. The van der Waals surface area contributed by atoms with Crippen molar-refractivity contribution < 1.29 is 18.9 Å². The predicted molar refractivity (Wildman–Crippen MR) is 130 cm³/mol. The maximum absolute atomic E-state index is 13.0. The molecule has 0 unspecified atom stereocenters. The van der Waals surface area contributed by atoms with E-state index in [0.29, 0.717) is 34.9 Å². The number of hydrogen-bond acceptors (Lipinski definition) is 7. The standard InChI is InChI=1S/C25H31N3O5/c1-27-20(16-22(29)25-21(27)14-18(30-2)15-24(25)31-3)17-5-6-23(19(26)13-17)33-10-4-7-28-8-11-32-12-9-28/h5-6,13-16H,4,7-12,26H2,1-3H3. The Hall–Kier alpha value is -3.23. The molecule has 0 bridgehead atoms. The van der Waals surface area contributed by atoms with Crippen molar-refractivity contribution in [3.8, 4) is 28.5 Å². The fourth-order valence-corrected chi connectivity index (χ4v) is 4.20. The molecule has 1 aliphatic rings. The number of morpholine rings is 1. The van der Waals surface area contributed by atoms with Crippen LogP contribution in [0.5, 0.6) is 17.2 Å². The zero-order valence-corrected chi connectivity index (χ0v) is 19.4. The molecule has 2 heterocycles. The topological polar surface area (TPSA) is 88.2 Å². The Morgan fingerprint density at radius 2 is 1.82 bits per heavy atom. The Morgan fingerprint density at radius 1 is 1.03 bits per heavy atom. The second-order valence-corrected chi connectivity index (χ2v) is 8.09. The smallest absolute Gasteiger partial charge is 0.193 e. The van der Waals surface area contributed by atoms with Gasteiger partial charge in [-0.15, -0.1) is 0 Å². The molecule has 33 heavy (non-hydrogen) atoms. The van der Waals surface area contributed by atoms with Crippen molar-refractivity contribution in [3.63, 3.8) is 0 Å². The number of aryl methyl sites for hydroxylation is 1. The quantitative estimate of drug-likeness (QED) is 0.414. The van der Waals surface area contributed by atoms with Crippen molar-refractivity contribution in [2.45, 2.75) is 6.42 Å². The summed E-state index contributed by atoms with van der Waals surface area (Å²) in [4.78, 5) is 15.3. The summed E-state index contributed by atoms with van der Waals surface area (Å²) in [5.74, 6) is 1.75. The lowest BCUT2D eigenvalue weighted by molar-refractivity contribution is 0.0358. The maximum Gasteiger partial charge on any atom is 0.193 e. The van der Waals surface area contributed by atoms with Crippen molar-refractivity contribution in [1.29, 1.82) is 0 Å². The zero-order valence-electron chi connectivity index (χ0n) is 19.4. The monoisotopic (exact) mass is 453 g/mol.